The second kappa shape index (κ2) is 10.1. The first-order valence-electron chi connectivity index (χ1n) is 11.0. The molecular formula is C24H25F3N2O6. The first-order chi connectivity index (χ1) is 16.7. The average molecular weight is 494 g/mol. The summed E-state index contributed by atoms with van der Waals surface area (Å²) in [4.78, 5) is 17.2. The van der Waals surface area contributed by atoms with Crippen molar-refractivity contribution in [2.45, 2.75) is 12.7 Å². The predicted molar refractivity (Wildman–Crippen MR) is 121 cm³/mol. The van der Waals surface area contributed by atoms with Crippen LogP contribution in [0.3, 0.4) is 0 Å². The van der Waals surface area contributed by atoms with E-state index in [0.29, 0.717) is 38.5 Å². The standard InChI is InChI=1S/C24H25F3N2O6/c1-33-15-3-2-4-16(13-15)34-22-20(32)17-5-6-19(31)18(21(17)35-23(22)24(25,26)27)14-29-9-7-28(8-10-29)11-12-30/h2-6,13,30-31H,7-12,14H2,1H3. The lowest BCUT2D eigenvalue weighted by molar-refractivity contribution is -0.154. The Labute approximate surface area is 198 Å². The normalized spacial score (nSPS) is 15.5. The summed E-state index contributed by atoms with van der Waals surface area (Å²) < 4.78 is 57.6. The first-order valence-corrected chi connectivity index (χ1v) is 11.0. The molecular weight excluding hydrogens is 469 g/mol. The molecule has 0 amide bonds. The number of aromatic hydroxyl groups is 1. The van der Waals surface area contributed by atoms with Gasteiger partial charge in [0, 0.05) is 45.3 Å². The summed E-state index contributed by atoms with van der Waals surface area (Å²) in [7, 11) is 1.39. The Morgan fingerprint density at radius 2 is 1.74 bits per heavy atom. The van der Waals surface area contributed by atoms with E-state index in [1.165, 1.54) is 37.4 Å². The second-order valence-electron chi connectivity index (χ2n) is 8.15. The molecule has 1 aromatic heterocycles. The fraction of sp³-hybridized carbons (Fsp3) is 0.375. The molecule has 4 rings (SSSR count). The van der Waals surface area contributed by atoms with Crippen LogP contribution in [0.25, 0.3) is 11.0 Å². The SMILES string of the molecule is COc1cccc(Oc2c(C(F)(F)F)oc3c(CN4CCN(CCO)CC4)c(O)ccc3c2=O)c1. The van der Waals surface area contributed by atoms with Gasteiger partial charge in [-0.2, -0.15) is 13.2 Å². The fourth-order valence-corrected chi connectivity index (χ4v) is 4.04. The predicted octanol–water partition coefficient (Wildman–Crippen LogP) is 3.43. The number of fused-ring (bicyclic) bond motifs is 1. The molecule has 0 bridgehead atoms. The molecule has 0 spiro atoms. The van der Waals surface area contributed by atoms with E-state index in [0.717, 1.165) is 0 Å². The smallest absolute Gasteiger partial charge is 0.453 e. The van der Waals surface area contributed by atoms with Gasteiger partial charge in [0.15, 0.2) is 0 Å². The number of phenolic OH excluding ortho intramolecular Hbond substituents is 1. The van der Waals surface area contributed by atoms with Crippen LogP contribution in [0.2, 0.25) is 0 Å². The molecule has 35 heavy (non-hydrogen) atoms. The Morgan fingerprint density at radius 3 is 2.40 bits per heavy atom. The van der Waals surface area contributed by atoms with Gasteiger partial charge in [-0.15, -0.1) is 0 Å². The van der Waals surface area contributed by atoms with Crippen molar-refractivity contribution in [1.82, 2.24) is 9.80 Å². The number of piperazine rings is 1. The Bertz CT molecular complexity index is 1250. The number of ether oxygens (including phenoxy) is 2. The number of halogens is 3. The molecule has 1 aliphatic heterocycles. The number of nitrogens with zero attached hydrogens (tertiary/aromatic N) is 2. The quantitative estimate of drug-likeness (QED) is 0.516. The Balaban J connectivity index is 1.76. The molecule has 0 atom stereocenters. The third-order valence-electron chi connectivity index (χ3n) is 5.88. The van der Waals surface area contributed by atoms with E-state index in [-0.39, 0.29) is 41.2 Å². The number of alkyl halides is 3. The van der Waals surface area contributed by atoms with Crippen LogP contribution in [0.4, 0.5) is 13.2 Å². The van der Waals surface area contributed by atoms with Crippen molar-refractivity contribution < 1.29 is 37.3 Å². The van der Waals surface area contributed by atoms with Crippen LogP contribution in [0.5, 0.6) is 23.0 Å². The van der Waals surface area contributed by atoms with Gasteiger partial charge in [0.1, 0.15) is 22.8 Å². The van der Waals surface area contributed by atoms with Crippen LogP contribution in [0, 0.1) is 0 Å². The van der Waals surface area contributed by atoms with E-state index in [1.54, 1.807) is 6.07 Å². The highest BCUT2D eigenvalue weighted by atomic mass is 19.4. The van der Waals surface area contributed by atoms with Gasteiger partial charge in [-0.1, -0.05) is 6.07 Å². The number of hydrogen-bond acceptors (Lipinski definition) is 8. The van der Waals surface area contributed by atoms with Crippen LogP contribution in [-0.4, -0.2) is 66.5 Å². The maximum atomic E-state index is 14.0. The van der Waals surface area contributed by atoms with Crippen molar-refractivity contribution in [2.24, 2.45) is 0 Å². The summed E-state index contributed by atoms with van der Waals surface area (Å²) in [6.07, 6.45) is -5.03. The monoisotopic (exact) mass is 494 g/mol. The third kappa shape index (κ3) is 5.37. The van der Waals surface area contributed by atoms with Crippen molar-refractivity contribution >= 4 is 11.0 Å². The Morgan fingerprint density at radius 1 is 1.06 bits per heavy atom. The minimum Gasteiger partial charge on any atom is -0.507 e. The third-order valence-corrected chi connectivity index (χ3v) is 5.88. The molecule has 11 heteroatoms. The second-order valence-corrected chi connectivity index (χ2v) is 8.15. The molecule has 1 aliphatic rings. The fourth-order valence-electron chi connectivity index (χ4n) is 4.04. The van der Waals surface area contributed by atoms with Crippen molar-refractivity contribution in [2.75, 3.05) is 46.4 Å². The summed E-state index contributed by atoms with van der Waals surface area (Å²) in [6.45, 7) is 3.12. The molecule has 2 heterocycles. The Kier molecular flexibility index (Phi) is 7.20. The van der Waals surface area contributed by atoms with Gasteiger partial charge in [-0.05, 0) is 24.3 Å². The molecule has 2 aromatic carbocycles. The van der Waals surface area contributed by atoms with Gasteiger partial charge < -0.3 is 24.1 Å². The number of aliphatic hydroxyl groups excluding tert-OH is 1. The van der Waals surface area contributed by atoms with Crippen LogP contribution >= 0.6 is 0 Å². The summed E-state index contributed by atoms with van der Waals surface area (Å²) >= 11 is 0. The zero-order valence-electron chi connectivity index (χ0n) is 19.0. The van der Waals surface area contributed by atoms with Gasteiger partial charge in [0.2, 0.25) is 11.2 Å². The number of aliphatic hydroxyl groups is 1. The Hall–Kier alpha value is -3.28. The zero-order valence-corrected chi connectivity index (χ0v) is 19.0. The van der Waals surface area contributed by atoms with Crippen molar-refractivity contribution in [3.8, 4) is 23.0 Å². The van der Waals surface area contributed by atoms with Crippen molar-refractivity contribution in [3.63, 3.8) is 0 Å². The lowest BCUT2D eigenvalue weighted by Crippen LogP contribution is -2.46. The molecule has 0 radical (unpaired) electrons. The lowest BCUT2D eigenvalue weighted by atomic mass is 10.1. The van der Waals surface area contributed by atoms with E-state index in [2.05, 4.69) is 4.90 Å². The van der Waals surface area contributed by atoms with Crippen LogP contribution in [0.15, 0.2) is 45.6 Å². The van der Waals surface area contributed by atoms with E-state index in [9.17, 15) is 23.1 Å². The van der Waals surface area contributed by atoms with E-state index in [1.807, 2.05) is 4.90 Å². The number of hydrogen-bond donors (Lipinski definition) is 2. The highest BCUT2D eigenvalue weighted by Gasteiger charge is 2.41. The maximum absolute atomic E-state index is 14.0. The summed E-state index contributed by atoms with van der Waals surface area (Å²) in [5.74, 6) is -2.54. The first kappa shape index (κ1) is 24.8. The molecule has 0 saturated carbocycles. The molecule has 188 valence electrons. The lowest BCUT2D eigenvalue weighted by Gasteiger charge is -2.34. The molecule has 0 aliphatic carbocycles. The van der Waals surface area contributed by atoms with E-state index >= 15 is 0 Å². The van der Waals surface area contributed by atoms with Gasteiger partial charge in [0.25, 0.3) is 5.76 Å². The van der Waals surface area contributed by atoms with Gasteiger partial charge >= 0.3 is 6.18 Å². The molecule has 8 nitrogen and oxygen atoms in total. The number of methoxy groups -OCH3 is 1. The van der Waals surface area contributed by atoms with Crippen LogP contribution in [-0.2, 0) is 12.7 Å². The minimum absolute atomic E-state index is 0.0266. The highest BCUT2D eigenvalue weighted by molar-refractivity contribution is 5.83. The molecule has 0 unspecified atom stereocenters. The number of rotatable bonds is 7. The summed E-state index contributed by atoms with van der Waals surface area (Å²) in [5.41, 5.74) is -1.25. The molecule has 2 N–H and O–H groups in total. The van der Waals surface area contributed by atoms with Crippen molar-refractivity contribution in [1.29, 1.82) is 0 Å². The van der Waals surface area contributed by atoms with Crippen LogP contribution < -0.4 is 14.9 Å². The van der Waals surface area contributed by atoms with Crippen LogP contribution in [0.1, 0.15) is 11.3 Å². The molecule has 1 fully saturated rings. The summed E-state index contributed by atoms with van der Waals surface area (Å²) in [5, 5.41) is 19.4. The van der Waals surface area contributed by atoms with E-state index in [4.69, 9.17) is 19.0 Å². The number of benzene rings is 2. The van der Waals surface area contributed by atoms with Gasteiger partial charge in [-0.25, -0.2) is 0 Å². The molecule has 1 saturated heterocycles. The average Bonchev–Trinajstić information content (AvgIpc) is 2.83. The highest BCUT2D eigenvalue weighted by Crippen LogP contribution is 2.40. The largest absolute Gasteiger partial charge is 0.507 e. The zero-order chi connectivity index (χ0) is 25.2. The summed E-state index contributed by atoms with van der Waals surface area (Å²) in [6, 6.07) is 8.32. The van der Waals surface area contributed by atoms with Gasteiger partial charge in [0.05, 0.1) is 24.7 Å². The minimum atomic E-state index is -5.03. The van der Waals surface area contributed by atoms with Gasteiger partial charge in [-0.3, -0.25) is 14.6 Å². The van der Waals surface area contributed by atoms with Crippen molar-refractivity contribution in [3.05, 3.63) is 57.9 Å². The van der Waals surface area contributed by atoms with E-state index < -0.39 is 23.1 Å². The number of β-amino-alcohol motifs (C(OH)–C–C–N with tert-alkyl or cyclic N) is 1. The maximum Gasteiger partial charge on any atom is 0.453 e. The topological polar surface area (TPSA) is 95.6 Å². The number of phenols is 1. The molecule has 3 aromatic rings.